The Kier molecular flexibility index (Phi) is 4.82. The largest absolute Gasteiger partial charge is 0.330 e. The summed E-state index contributed by atoms with van der Waals surface area (Å²) in [5.74, 6) is 0.656. The summed E-state index contributed by atoms with van der Waals surface area (Å²) < 4.78 is 13.4. The van der Waals surface area contributed by atoms with E-state index in [-0.39, 0.29) is 5.25 Å². The van der Waals surface area contributed by atoms with E-state index in [9.17, 15) is 4.21 Å². The van der Waals surface area contributed by atoms with E-state index in [1.807, 2.05) is 19.2 Å². The van der Waals surface area contributed by atoms with Gasteiger partial charge in [0.2, 0.25) is 0 Å². The number of nitrogens with zero attached hydrogens (tertiary/aromatic N) is 2. The highest BCUT2D eigenvalue weighted by molar-refractivity contribution is 7.85. The average Bonchev–Trinajstić information content (AvgIpc) is 2.67. The fourth-order valence-electron chi connectivity index (χ4n) is 1.18. The number of rotatable bonds is 6. The van der Waals surface area contributed by atoms with Crippen molar-refractivity contribution in [3.63, 3.8) is 0 Å². The minimum absolute atomic E-state index is 0.190. The molecule has 0 amide bonds. The van der Waals surface area contributed by atoms with Gasteiger partial charge in [-0.3, -0.25) is 8.89 Å². The van der Waals surface area contributed by atoms with Crippen molar-refractivity contribution in [3.05, 3.63) is 18.5 Å². The van der Waals surface area contributed by atoms with Crippen LogP contribution in [0.2, 0.25) is 0 Å². The first-order valence-electron chi connectivity index (χ1n) is 4.78. The number of hydrogen-bond acceptors (Lipinski definition) is 3. The Bertz CT molecular complexity index is 274. The van der Waals surface area contributed by atoms with Gasteiger partial charge in [-0.25, -0.2) is 0 Å². The smallest absolute Gasteiger partial charge is 0.0524 e. The van der Waals surface area contributed by atoms with Crippen molar-refractivity contribution < 1.29 is 4.21 Å². The average molecular weight is 215 g/mol. The second kappa shape index (κ2) is 5.93. The van der Waals surface area contributed by atoms with Crippen LogP contribution in [0.25, 0.3) is 0 Å². The third-order valence-electron chi connectivity index (χ3n) is 2.10. The Morgan fingerprint density at radius 1 is 1.64 bits per heavy atom. The molecule has 1 aromatic heterocycles. The van der Waals surface area contributed by atoms with E-state index in [1.54, 1.807) is 10.9 Å². The lowest BCUT2D eigenvalue weighted by atomic mass is 10.3. The van der Waals surface area contributed by atoms with Gasteiger partial charge in [0.05, 0.1) is 6.54 Å². The third kappa shape index (κ3) is 3.59. The van der Waals surface area contributed by atoms with Crippen molar-refractivity contribution in [1.82, 2.24) is 9.78 Å². The van der Waals surface area contributed by atoms with Crippen molar-refractivity contribution in [2.24, 2.45) is 5.73 Å². The maximum atomic E-state index is 11.6. The molecule has 14 heavy (non-hydrogen) atoms. The summed E-state index contributed by atoms with van der Waals surface area (Å²) in [6.07, 6.45) is 4.43. The Balaban J connectivity index is 2.27. The van der Waals surface area contributed by atoms with E-state index in [0.29, 0.717) is 18.8 Å². The van der Waals surface area contributed by atoms with Gasteiger partial charge >= 0.3 is 0 Å². The van der Waals surface area contributed by atoms with Gasteiger partial charge in [0.1, 0.15) is 0 Å². The second-order valence-electron chi connectivity index (χ2n) is 3.24. The monoisotopic (exact) mass is 215 g/mol. The first-order chi connectivity index (χ1) is 6.74. The third-order valence-corrected chi connectivity index (χ3v) is 3.82. The molecule has 0 spiro atoms. The summed E-state index contributed by atoms with van der Waals surface area (Å²) in [5, 5.41) is 4.24. The van der Waals surface area contributed by atoms with Crippen LogP contribution in [-0.2, 0) is 17.3 Å². The van der Waals surface area contributed by atoms with E-state index in [2.05, 4.69) is 5.10 Å². The van der Waals surface area contributed by atoms with Gasteiger partial charge in [-0.05, 0) is 19.0 Å². The van der Waals surface area contributed by atoms with Crippen LogP contribution in [0.1, 0.15) is 13.3 Å². The quantitative estimate of drug-likeness (QED) is 0.745. The topological polar surface area (TPSA) is 60.9 Å². The summed E-state index contributed by atoms with van der Waals surface area (Å²) >= 11 is 0. The van der Waals surface area contributed by atoms with Gasteiger partial charge in [0.15, 0.2) is 0 Å². The normalized spacial score (nSPS) is 15.3. The summed E-state index contributed by atoms with van der Waals surface area (Å²) in [7, 11) is -0.790. The summed E-state index contributed by atoms with van der Waals surface area (Å²) in [5.41, 5.74) is 5.41. The van der Waals surface area contributed by atoms with Gasteiger partial charge < -0.3 is 5.73 Å². The molecule has 0 saturated carbocycles. The molecule has 0 radical (unpaired) electrons. The predicted molar refractivity (Wildman–Crippen MR) is 58.4 cm³/mol. The standard InChI is InChI=1S/C9H17N3OS/c1-9(3-4-10)14(13)8-7-12-6-2-5-11-12/h2,5-6,9H,3-4,7-8,10H2,1H3. The lowest BCUT2D eigenvalue weighted by Crippen LogP contribution is -2.20. The van der Waals surface area contributed by atoms with E-state index in [0.717, 1.165) is 6.42 Å². The van der Waals surface area contributed by atoms with Gasteiger partial charge in [0.25, 0.3) is 0 Å². The Morgan fingerprint density at radius 3 is 3.00 bits per heavy atom. The molecular weight excluding hydrogens is 198 g/mol. The van der Waals surface area contributed by atoms with Crippen molar-refractivity contribution >= 4 is 10.8 Å². The van der Waals surface area contributed by atoms with E-state index in [4.69, 9.17) is 5.73 Å². The molecule has 0 saturated heterocycles. The van der Waals surface area contributed by atoms with Gasteiger partial charge in [-0.15, -0.1) is 0 Å². The van der Waals surface area contributed by atoms with E-state index in [1.165, 1.54) is 0 Å². The molecule has 0 fully saturated rings. The minimum atomic E-state index is -0.790. The van der Waals surface area contributed by atoms with E-state index < -0.39 is 10.8 Å². The van der Waals surface area contributed by atoms with Crippen LogP contribution in [0.3, 0.4) is 0 Å². The summed E-state index contributed by atoms with van der Waals surface area (Å²) in [4.78, 5) is 0. The molecule has 0 bridgehead atoms. The highest BCUT2D eigenvalue weighted by atomic mass is 32.2. The second-order valence-corrected chi connectivity index (χ2v) is 5.22. The summed E-state index contributed by atoms with van der Waals surface area (Å²) in [6, 6.07) is 1.87. The Hall–Kier alpha value is -0.680. The van der Waals surface area contributed by atoms with Gasteiger partial charge in [0, 0.05) is 34.2 Å². The number of hydrogen-bond donors (Lipinski definition) is 1. The zero-order chi connectivity index (χ0) is 10.4. The number of aryl methyl sites for hydroxylation is 1. The van der Waals surface area contributed by atoms with Crippen molar-refractivity contribution in [2.45, 2.75) is 25.1 Å². The molecule has 2 N–H and O–H groups in total. The lowest BCUT2D eigenvalue weighted by Gasteiger charge is -2.09. The molecule has 0 aliphatic heterocycles. The fraction of sp³-hybridized carbons (Fsp3) is 0.667. The molecule has 2 unspecified atom stereocenters. The van der Waals surface area contributed by atoms with Crippen LogP contribution in [0, 0.1) is 0 Å². The van der Waals surface area contributed by atoms with Crippen molar-refractivity contribution in [1.29, 1.82) is 0 Å². The molecule has 2 atom stereocenters. The lowest BCUT2D eigenvalue weighted by molar-refractivity contribution is 0.634. The van der Waals surface area contributed by atoms with Crippen molar-refractivity contribution in [3.8, 4) is 0 Å². The maximum absolute atomic E-state index is 11.6. The molecule has 1 aromatic rings. The minimum Gasteiger partial charge on any atom is -0.330 e. The molecule has 0 aliphatic rings. The Morgan fingerprint density at radius 2 is 2.43 bits per heavy atom. The van der Waals surface area contributed by atoms with Crippen LogP contribution in [0.15, 0.2) is 18.5 Å². The maximum Gasteiger partial charge on any atom is 0.0524 e. The van der Waals surface area contributed by atoms with E-state index >= 15 is 0 Å². The molecular formula is C9H17N3OS. The molecule has 4 nitrogen and oxygen atoms in total. The molecule has 5 heteroatoms. The van der Waals surface area contributed by atoms with Crippen LogP contribution >= 0.6 is 0 Å². The molecule has 0 aliphatic carbocycles. The highest BCUT2D eigenvalue weighted by Crippen LogP contribution is 2.01. The van der Waals surface area contributed by atoms with Gasteiger partial charge in [-0.2, -0.15) is 5.10 Å². The van der Waals surface area contributed by atoms with Crippen LogP contribution < -0.4 is 5.73 Å². The Labute approximate surface area is 86.9 Å². The number of nitrogens with two attached hydrogens (primary N) is 1. The van der Waals surface area contributed by atoms with Crippen LogP contribution in [-0.4, -0.2) is 31.5 Å². The van der Waals surface area contributed by atoms with Crippen LogP contribution in [0.5, 0.6) is 0 Å². The van der Waals surface area contributed by atoms with Gasteiger partial charge in [-0.1, -0.05) is 6.92 Å². The summed E-state index contributed by atoms with van der Waals surface area (Å²) in [6.45, 7) is 3.30. The molecule has 1 heterocycles. The number of aromatic nitrogens is 2. The fourth-order valence-corrected chi connectivity index (χ4v) is 2.35. The zero-order valence-corrected chi connectivity index (χ0v) is 9.24. The van der Waals surface area contributed by atoms with Crippen molar-refractivity contribution in [2.75, 3.05) is 12.3 Å². The highest BCUT2D eigenvalue weighted by Gasteiger charge is 2.09. The first kappa shape index (κ1) is 11.4. The van der Waals surface area contributed by atoms with Crippen LogP contribution in [0.4, 0.5) is 0 Å². The molecule has 80 valence electrons. The first-order valence-corrected chi connectivity index (χ1v) is 6.17. The zero-order valence-electron chi connectivity index (χ0n) is 8.43. The molecule has 0 aromatic carbocycles. The predicted octanol–water partition coefficient (Wildman–Crippen LogP) is 0.369. The molecule has 1 rings (SSSR count). The SMILES string of the molecule is CC(CCN)S(=O)CCn1cccn1.